The molecular weight excluding hydrogens is 177 g/mol. The predicted molar refractivity (Wildman–Crippen MR) is 52.4 cm³/mol. The maximum absolute atomic E-state index is 13.8. The molecule has 0 saturated heterocycles. The highest BCUT2D eigenvalue weighted by atomic mass is 19.1. The van der Waals surface area contributed by atoms with Crippen molar-refractivity contribution < 1.29 is 4.39 Å². The second-order valence-corrected chi connectivity index (χ2v) is 4.08. The van der Waals surface area contributed by atoms with Gasteiger partial charge in [0, 0.05) is 5.56 Å². The third-order valence-electron chi connectivity index (χ3n) is 2.99. The second-order valence-electron chi connectivity index (χ2n) is 4.08. The number of benzene rings is 1. The van der Waals surface area contributed by atoms with Gasteiger partial charge < -0.3 is 0 Å². The van der Waals surface area contributed by atoms with Crippen molar-refractivity contribution in [3.8, 4) is 6.07 Å². The molecule has 0 aliphatic heterocycles. The van der Waals surface area contributed by atoms with Crippen LogP contribution in [0.2, 0.25) is 0 Å². The van der Waals surface area contributed by atoms with Crippen molar-refractivity contribution in [2.75, 3.05) is 0 Å². The second kappa shape index (κ2) is 2.81. The molecule has 1 aromatic carbocycles. The first-order valence-electron chi connectivity index (χ1n) is 4.78. The molecule has 14 heavy (non-hydrogen) atoms. The zero-order chi connectivity index (χ0) is 10.3. The molecule has 0 bridgehead atoms. The molecule has 0 unspecified atom stereocenters. The van der Waals surface area contributed by atoms with E-state index >= 15 is 0 Å². The molecule has 0 N–H and O–H groups in total. The summed E-state index contributed by atoms with van der Waals surface area (Å²) in [6.45, 7) is 3.61. The summed E-state index contributed by atoms with van der Waals surface area (Å²) in [6, 6.07) is 5.90. The summed E-state index contributed by atoms with van der Waals surface area (Å²) in [7, 11) is 0. The van der Waals surface area contributed by atoms with Gasteiger partial charge in [-0.25, -0.2) is 4.39 Å². The quantitative estimate of drug-likeness (QED) is 0.666. The van der Waals surface area contributed by atoms with E-state index in [1.165, 1.54) is 0 Å². The Balaban J connectivity index is 2.64. The molecule has 2 rings (SSSR count). The summed E-state index contributed by atoms with van der Waals surface area (Å²) in [5.74, 6) is -0.191. The maximum Gasteiger partial charge on any atom is 0.131 e. The van der Waals surface area contributed by atoms with Gasteiger partial charge in [-0.3, -0.25) is 0 Å². The Labute approximate surface area is 83.2 Å². The first kappa shape index (κ1) is 9.21. The largest absolute Gasteiger partial charge is 0.206 e. The summed E-state index contributed by atoms with van der Waals surface area (Å²) in [5, 5.41) is 9.03. The highest BCUT2D eigenvalue weighted by Crippen LogP contribution is 2.49. The number of nitrogens with zero attached hydrogens (tertiary/aromatic N) is 1. The van der Waals surface area contributed by atoms with Crippen LogP contribution in [-0.4, -0.2) is 0 Å². The van der Waals surface area contributed by atoms with Crippen LogP contribution >= 0.6 is 0 Å². The average Bonchev–Trinajstić information content (AvgIpc) is 2.93. The molecule has 1 fully saturated rings. The topological polar surface area (TPSA) is 23.8 Å². The monoisotopic (exact) mass is 189 g/mol. The van der Waals surface area contributed by atoms with Crippen LogP contribution in [0, 0.1) is 31.0 Å². The van der Waals surface area contributed by atoms with E-state index in [2.05, 4.69) is 6.07 Å². The van der Waals surface area contributed by atoms with E-state index in [1.54, 1.807) is 13.0 Å². The zero-order valence-corrected chi connectivity index (χ0v) is 8.39. The normalized spacial score (nSPS) is 17.6. The third-order valence-corrected chi connectivity index (χ3v) is 2.99. The van der Waals surface area contributed by atoms with Gasteiger partial charge in [0.05, 0.1) is 11.5 Å². The van der Waals surface area contributed by atoms with Gasteiger partial charge in [-0.05, 0) is 37.8 Å². The van der Waals surface area contributed by atoms with Crippen molar-refractivity contribution in [1.29, 1.82) is 5.26 Å². The van der Waals surface area contributed by atoms with Crippen LogP contribution in [-0.2, 0) is 5.41 Å². The molecule has 1 aliphatic carbocycles. The Kier molecular flexibility index (Phi) is 1.85. The molecule has 0 spiro atoms. The summed E-state index contributed by atoms with van der Waals surface area (Å²) in [4.78, 5) is 0. The van der Waals surface area contributed by atoms with E-state index in [4.69, 9.17) is 5.26 Å². The molecule has 0 heterocycles. The molecule has 1 nitrogen and oxygen atoms in total. The van der Waals surface area contributed by atoms with Crippen molar-refractivity contribution in [2.45, 2.75) is 32.1 Å². The van der Waals surface area contributed by atoms with Gasteiger partial charge in [-0.1, -0.05) is 12.1 Å². The highest BCUT2D eigenvalue weighted by molar-refractivity contribution is 5.46. The van der Waals surface area contributed by atoms with Crippen molar-refractivity contribution >= 4 is 0 Å². The Morgan fingerprint density at radius 1 is 1.29 bits per heavy atom. The van der Waals surface area contributed by atoms with Crippen LogP contribution in [0.1, 0.15) is 29.5 Å². The van der Waals surface area contributed by atoms with Crippen LogP contribution in [0.25, 0.3) is 0 Å². The van der Waals surface area contributed by atoms with Crippen molar-refractivity contribution in [3.05, 3.63) is 34.6 Å². The maximum atomic E-state index is 13.8. The Morgan fingerprint density at radius 2 is 1.86 bits per heavy atom. The Bertz CT molecular complexity index is 425. The van der Waals surface area contributed by atoms with Crippen molar-refractivity contribution in [1.82, 2.24) is 0 Å². The first-order chi connectivity index (χ1) is 6.60. The van der Waals surface area contributed by atoms with Gasteiger partial charge in [-0.2, -0.15) is 5.26 Å². The number of nitriles is 1. The SMILES string of the molecule is Cc1ccc(C)c(C2(C#N)CC2)c1F. The van der Waals surface area contributed by atoms with E-state index in [0.29, 0.717) is 11.1 Å². The molecule has 0 aromatic heterocycles. The number of aryl methyl sites for hydroxylation is 2. The first-order valence-corrected chi connectivity index (χ1v) is 4.78. The number of halogens is 1. The van der Waals surface area contributed by atoms with E-state index in [-0.39, 0.29) is 5.82 Å². The fraction of sp³-hybridized carbons (Fsp3) is 0.417. The molecular formula is C12H12FN. The van der Waals surface area contributed by atoms with Gasteiger partial charge >= 0.3 is 0 Å². The lowest BCUT2D eigenvalue weighted by atomic mass is 9.91. The van der Waals surface area contributed by atoms with Crippen LogP contribution in [0.15, 0.2) is 12.1 Å². The minimum atomic E-state index is -0.514. The van der Waals surface area contributed by atoms with Crippen LogP contribution in [0.4, 0.5) is 4.39 Å². The third kappa shape index (κ3) is 1.13. The van der Waals surface area contributed by atoms with E-state index in [1.807, 2.05) is 13.0 Å². The number of hydrogen-bond donors (Lipinski definition) is 0. The van der Waals surface area contributed by atoms with Crippen LogP contribution in [0.5, 0.6) is 0 Å². The van der Waals surface area contributed by atoms with Gasteiger partial charge in [-0.15, -0.1) is 0 Å². The molecule has 0 atom stereocenters. The van der Waals surface area contributed by atoms with Gasteiger partial charge in [0.25, 0.3) is 0 Å². The Morgan fingerprint density at radius 3 is 2.36 bits per heavy atom. The lowest BCUT2D eigenvalue weighted by molar-refractivity contribution is 0.588. The summed E-state index contributed by atoms with van der Waals surface area (Å²) in [6.07, 6.45) is 1.59. The molecule has 1 aliphatic rings. The lowest BCUT2D eigenvalue weighted by Gasteiger charge is -2.13. The predicted octanol–water partition coefficient (Wildman–Crippen LogP) is 3.00. The molecule has 0 amide bonds. The minimum absolute atomic E-state index is 0.191. The summed E-state index contributed by atoms with van der Waals surface area (Å²) < 4.78 is 13.8. The molecule has 2 heteroatoms. The fourth-order valence-corrected chi connectivity index (χ4v) is 1.91. The molecule has 1 aromatic rings. The van der Waals surface area contributed by atoms with E-state index in [0.717, 1.165) is 18.4 Å². The van der Waals surface area contributed by atoms with Gasteiger partial charge in [0.2, 0.25) is 0 Å². The molecule has 1 saturated carbocycles. The summed E-state index contributed by atoms with van der Waals surface area (Å²) >= 11 is 0. The molecule has 72 valence electrons. The highest BCUT2D eigenvalue weighted by Gasteiger charge is 2.47. The standard InChI is InChI=1S/C12H12FN/c1-8-3-4-9(2)11(13)10(8)12(7-14)5-6-12/h3-4H,5-6H2,1-2H3. The number of rotatable bonds is 1. The van der Waals surface area contributed by atoms with Crippen molar-refractivity contribution in [3.63, 3.8) is 0 Å². The van der Waals surface area contributed by atoms with Gasteiger partial charge in [0.15, 0.2) is 0 Å². The van der Waals surface area contributed by atoms with Crippen molar-refractivity contribution in [2.24, 2.45) is 0 Å². The van der Waals surface area contributed by atoms with E-state index < -0.39 is 5.41 Å². The van der Waals surface area contributed by atoms with Gasteiger partial charge in [0.1, 0.15) is 5.82 Å². The average molecular weight is 189 g/mol. The number of hydrogen-bond acceptors (Lipinski definition) is 1. The Hall–Kier alpha value is -1.36. The minimum Gasteiger partial charge on any atom is -0.206 e. The summed E-state index contributed by atoms with van der Waals surface area (Å²) in [5.41, 5.74) is 1.64. The fourth-order valence-electron chi connectivity index (χ4n) is 1.91. The molecule has 0 radical (unpaired) electrons. The lowest BCUT2D eigenvalue weighted by Crippen LogP contribution is -2.09. The van der Waals surface area contributed by atoms with E-state index in [9.17, 15) is 4.39 Å². The zero-order valence-electron chi connectivity index (χ0n) is 8.39. The smallest absolute Gasteiger partial charge is 0.131 e. The van der Waals surface area contributed by atoms with Crippen LogP contribution in [0.3, 0.4) is 0 Å². The van der Waals surface area contributed by atoms with Crippen LogP contribution < -0.4 is 0 Å².